The second-order valence-corrected chi connectivity index (χ2v) is 3.87. The number of carbonyl (C=O) groups excluding carboxylic acids is 1. The highest BCUT2D eigenvalue weighted by molar-refractivity contribution is 5.58. The van der Waals surface area contributed by atoms with E-state index < -0.39 is 0 Å². The van der Waals surface area contributed by atoms with Crippen LogP contribution in [-0.4, -0.2) is 17.9 Å². The molecule has 2 aliphatic rings. The van der Waals surface area contributed by atoms with Gasteiger partial charge < -0.3 is 10.1 Å². The molecular weight excluding hydrogens is 138 g/mol. The number of aldehydes is 1. The van der Waals surface area contributed by atoms with Gasteiger partial charge in [-0.25, -0.2) is 0 Å². The van der Waals surface area contributed by atoms with Crippen molar-refractivity contribution < 1.29 is 4.79 Å². The van der Waals surface area contributed by atoms with Crippen molar-refractivity contribution in [2.45, 2.75) is 44.2 Å². The first kappa shape index (κ1) is 7.29. The Morgan fingerprint density at radius 2 is 2.55 bits per heavy atom. The molecule has 0 aromatic heterocycles. The topological polar surface area (TPSA) is 29.1 Å². The van der Waals surface area contributed by atoms with Crippen molar-refractivity contribution in [2.24, 2.45) is 5.92 Å². The van der Waals surface area contributed by atoms with Gasteiger partial charge in [-0.15, -0.1) is 0 Å². The summed E-state index contributed by atoms with van der Waals surface area (Å²) >= 11 is 0. The van der Waals surface area contributed by atoms with Crippen LogP contribution in [0.25, 0.3) is 0 Å². The fraction of sp³-hybridized carbons (Fsp3) is 0.889. The maximum atomic E-state index is 10.7. The van der Waals surface area contributed by atoms with E-state index in [2.05, 4.69) is 12.2 Å². The van der Waals surface area contributed by atoms with Crippen molar-refractivity contribution in [3.8, 4) is 0 Å². The van der Waals surface area contributed by atoms with E-state index in [-0.39, 0.29) is 5.54 Å². The van der Waals surface area contributed by atoms with Gasteiger partial charge in [0.05, 0.1) is 0 Å². The van der Waals surface area contributed by atoms with Gasteiger partial charge in [-0.2, -0.15) is 0 Å². The second kappa shape index (κ2) is 2.31. The molecule has 0 radical (unpaired) electrons. The number of hydrogen-bond acceptors (Lipinski definition) is 2. The summed E-state index contributed by atoms with van der Waals surface area (Å²) < 4.78 is 0. The Morgan fingerprint density at radius 3 is 3.00 bits per heavy atom. The summed E-state index contributed by atoms with van der Waals surface area (Å²) in [6, 6.07) is 0.644. The summed E-state index contributed by atoms with van der Waals surface area (Å²) in [6.07, 6.45) is 5.82. The van der Waals surface area contributed by atoms with Gasteiger partial charge in [0.2, 0.25) is 0 Å². The minimum absolute atomic E-state index is 0.201. The van der Waals surface area contributed by atoms with Crippen LogP contribution in [0.15, 0.2) is 0 Å². The molecule has 0 saturated carbocycles. The van der Waals surface area contributed by atoms with E-state index in [0.717, 1.165) is 19.1 Å². The minimum Gasteiger partial charge on any atom is -0.308 e. The highest BCUT2D eigenvalue weighted by atomic mass is 16.1. The van der Waals surface area contributed by atoms with Gasteiger partial charge in [-0.05, 0) is 25.7 Å². The molecule has 2 heteroatoms. The Bertz CT molecular complexity index is 180. The Kier molecular flexibility index (Phi) is 1.53. The molecule has 0 aromatic rings. The zero-order chi connectivity index (χ0) is 7.90. The highest BCUT2D eigenvalue weighted by Gasteiger charge is 2.50. The van der Waals surface area contributed by atoms with Crippen molar-refractivity contribution >= 4 is 6.29 Å². The van der Waals surface area contributed by atoms with Gasteiger partial charge in [-0.3, -0.25) is 0 Å². The van der Waals surface area contributed by atoms with Crippen molar-refractivity contribution in [3.63, 3.8) is 0 Å². The number of nitrogens with one attached hydrogen (secondary N) is 1. The van der Waals surface area contributed by atoms with E-state index in [0.29, 0.717) is 12.0 Å². The lowest BCUT2D eigenvalue weighted by Crippen LogP contribution is -2.41. The van der Waals surface area contributed by atoms with Crippen LogP contribution in [0.5, 0.6) is 0 Å². The molecule has 0 spiro atoms. The molecule has 2 heterocycles. The summed E-state index contributed by atoms with van der Waals surface area (Å²) in [7, 11) is 0. The first-order valence-electron chi connectivity index (χ1n) is 4.54. The van der Waals surface area contributed by atoms with Crippen LogP contribution >= 0.6 is 0 Å². The van der Waals surface area contributed by atoms with E-state index in [4.69, 9.17) is 0 Å². The summed E-state index contributed by atoms with van der Waals surface area (Å²) in [5.74, 6) is 0.297. The summed E-state index contributed by atoms with van der Waals surface area (Å²) in [4.78, 5) is 10.7. The van der Waals surface area contributed by atoms with Gasteiger partial charge >= 0.3 is 0 Å². The third kappa shape index (κ3) is 0.853. The molecule has 2 fully saturated rings. The summed E-state index contributed by atoms with van der Waals surface area (Å²) in [6.45, 7) is 2.18. The molecule has 2 bridgehead atoms. The smallest absolute Gasteiger partial charge is 0.124 e. The van der Waals surface area contributed by atoms with Crippen molar-refractivity contribution in [2.75, 3.05) is 0 Å². The molecule has 3 atom stereocenters. The lowest BCUT2D eigenvalue weighted by atomic mass is 9.77. The summed E-state index contributed by atoms with van der Waals surface area (Å²) in [5.41, 5.74) is 0.201. The van der Waals surface area contributed by atoms with Gasteiger partial charge in [0.1, 0.15) is 6.29 Å². The number of carbonyl (C=O) groups is 1. The SMILES string of the molecule is CCC12CCC(CC1C=O)N2. The molecule has 2 nitrogen and oxygen atoms in total. The quantitative estimate of drug-likeness (QED) is 0.602. The van der Waals surface area contributed by atoms with Crippen LogP contribution in [0.3, 0.4) is 0 Å². The monoisotopic (exact) mass is 153 g/mol. The van der Waals surface area contributed by atoms with Crippen molar-refractivity contribution in [1.29, 1.82) is 0 Å². The number of rotatable bonds is 2. The zero-order valence-electron chi connectivity index (χ0n) is 6.97. The van der Waals surface area contributed by atoms with Gasteiger partial charge in [0, 0.05) is 17.5 Å². The predicted octanol–water partition coefficient (Wildman–Crippen LogP) is 1.11. The van der Waals surface area contributed by atoms with Crippen LogP contribution in [0.2, 0.25) is 0 Å². The van der Waals surface area contributed by atoms with Crippen LogP contribution in [0.4, 0.5) is 0 Å². The first-order chi connectivity index (χ1) is 5.30. The molecule has 3 unspecified atom stereocenters. The minimum atomic E-state index is 0.201. The Hall–Kier alpha value is -0.370. The molecule has 0 aromatic carbocycles. The first-order valence-corrected chi connectivity index (χ1v) is 4.54. The molecule has 62 valence electrons. The second-order valence-electron chi connectivity index (χ2n) is 3.87. The molecular formula is C9H15NO. The Labute approximate surface area is 67.4 Å². The molecule has 0 aliphatic carbocycles. The molecule has 2 aliphatic heterocycles. The van der Waals surface area contributed by atoms with E-state index in [1.807, 2.05) is 0 Å². The summed E-state index contributed by atoms with van der Waals surface area (Å²) in [5, 5.41) is 3.56. The zero-order valence-corrected chi connectivity index (χ0v) is 6.97. The van der Waals surface area contributed by atoms with Gasteiger partial charge in [0.15, 0.2) is 0 Å². The van der Waals surface area contributed by atoms with E-state index in [1.54, 1.807) is 0 Å². The Morgan fingerprint density at radius 1 is 1.73 bits per heavy atom. The van der Waals surface area contributed by atoms with E-state index in [1.165, 1.54) is 12.8 Å². The predicted molar refractivity (Wildman–Crippen MR) is 43.4 cm³/mol. The Balaban J connectivity index is 2.21. The lowest BCUT2D eigenvalue weighted by molar-refractivity contribution is -0.112. The molecule has 0 amide bonds. The molecule has 1 N–H and O–H groups in total. The average molecular weight is 153 g/mol. The van der Waals surface area contributed by atoms with Crippen molar-refractivity contribution in [1.82, 2.24) is 5.32 Å². The standard InChI is InChI=1S/C9H15NO/c1-2-9-4-3-8(10-9)5-7(9)6-11/h6-8,10H,2-5H2,1H3. The van der Waals surface area contributed by atoms with Gasteiger partial charge in [-0.1, -0.05) is 6.92 Å². The van der Waals surface area contributed by atoms with E-state index >= 15 is 0 Å². The van der Waals surface area contributed by atoms with Crippen LogP contribution in [0.1, 0.15) is 32.6 Å². The fourth-order valence-electron chi connectivity index (χ4n) is 2.71. The van der Waals surface area contributed by atoms with Gasteiger partial charge in [0.25, 0.3) is 0 Å². The van der Waals surface area contributed by atoms with Crippen LogP contribution in [-0.2, 0) is 4.79 Å². The molecule has 11 heavy (non-hydrogen) atoms. The lowest BCUT2D eigenvalue weighted by Gasteiger charge is -2.29. The normalized spacial score (nSPS) is 48.1. The average Bonchev–Trinajstić information content (AvgIpc) is 2.60. The third-order valence-corrected chi connectivity index (χ3v) is 3.47. The molecule has 2 saturated heterocycles. The molecule has 2 rings (SSSR count). The van der Waals surface area contributed by atoms with E-state index in [9.17, 15) is 4.79 Å². The maximum absolute atomic E-state index is 10.7. The number of fused-ring (bicyclic) bond motifs is 2. The highest BCUT2D eigenvalue weighted by Crippen LogP contribution is 2.43. The number of hydrogen-bond donors (Lipinski definition) is 1. The fourth-order valence-corrected chi connectivity index (χ4v) is 2.71. The third-order valence-electron chi connectivity index (χ3n) is 3.47. The van der Waals surface area contributed by atoms with Crippen LogP contribution < -0.4 is 5.32 Å². The van der Waals surface area contributed by atoms with Crippen LogP contribution in [0, 0.1) is 5.92 Å². The maximum Gasteiger partial charge on any atom is 0.124 e. The largest absolute Gasteiger partial charge is 0.308 e. The van der Waals surface area contributed by atoms with Crippen molar-refractivity contribution in [3.05, 3.63) is 0 Å².